The third-order valence-corrected chi connectivity index (χ3v) is 12.9. The molecule has 60 heavy (non-hydrogen) atoms. The van der Waals surface area contributed by atoms with E-state index in [1.165, 1.54) is 231 Å². The molecule has 3 N–H and O–H groups in total. The number of carbonyl (C=O) groups is 2. The fourth-order valence-corrected chi connectivity index (χ4v) is 8.70. The van der Waals surface area contributed by atoms with Crippen molar-refractivity contribution >= 4 is 11.9 Å². The summed E-state index contributed by atoms with van der Waals surface area (Å²) in [5, 5.41) is 23.1. The van der Waals surface area contributed by atoms with Crippen molar-refractivity contribution in [2.45, 2.75) is 321 Å². The molecule has 0 bridgehead atoms. The van der Waals surface area contributed by atoms with Gasteiger partial charge in [-0.25, -0.2) is 0 Å². The Labute approximate surface area is 375 Å². The van der Waals surface area contributed by atoms with Crippen molar-refractivity contribution in [3.63, 3.8) is 0 Å². The summed E-state index contributed by atoms with van der Waals surface area (Å²) in [7, 11) is 0. The van der Waals surface area contributed by atoms with Crippen molar-refractivity contribution in [3.05, 3.63) is 0 Å². The number of aliphatic hydroxyl groups excluding tert-OH is 2. The molecule has 0 saturated heterocycles. The highest BCUT2D eigenvalue weighted by molar-refractivity contribution is 5.76. The average Bonchev–Trinajstić information content (AvgIpc) is 3.25. The van der Waals surface area contributed by atoms with Crippen LogP contribution in [0.15, 0.2) is 0 Å². The molecule has 6 nitrogen and oxygen atoms in total. The Balaban J connectivity index is 3.36. The lowest BCUT2D eigenvalue weighted by atomic mass is 10.0. The minimum absolute atomic E-state index is 0.00576. The second kappa shape index (κ2) is 50.5. The molecule has 358 valence electrons. The van der Waals surface area contributed by atoms with E-state index in [4.69, 9.17) is 4.74 Å². The molecular formula is C54H107NO5. The van der Waals surface area contributed by atoms with Crippen LogP contribution in [-0.4, -0.2) is 47.4 Å². The molecule has 0 spiro atoms. The molecule has 0 aromatic carbocycles. The van der Waals surface area contributed by atoms with E-state index in [1.54, 1.807) is 0 Å². The predicted molar refractivity (Wildman–Crippen MR) is 260 cm³/mol. The lowest BCUT2D eigenvalue weighted by molar-refractivity contribution is -0.143. The third-order valence-electron chi connectivity index (χ3n) is 12.9. The molecule has 0 aliphatic rings. The third kappa shape index (κ3) is 46.4. The van der Waals surface area contributed by atoms with Gasteiger partial charge in [0, 0.05) is 12.8 Å². The van der Waals surface area contributed by atoms with Crippen molar-refractivity contribution in [1.29, 1.82) is 0 Å². The van der Waals surface area contributed by atoms with E-state index in [9.17, 15) is 19.8 Å². The fourth-order valence-electron chi connectivity index (χ4n) is 8.70. The molecule has 2 unspecified atom stereocenters. The number of aliphatic hydroxyl groups is 2. The topological polar surface area (TPSA) is 95.9 Å². The maximum Gasteiger partial charge on any atom is 0.305 e. The Bertz CT molecular complexity index is 852. The van der Waals surface area contributed by atoms with Crippen LogP contribution in [-0.2, 0) is 14.3 Å². The Morgan fingerprint density at radius 1 is 0.400 bits per heavy atom. The monoisotopic (exact) mass is 850 g/mol. The van der Waals surface area contributed by atoms with E-state index in [1.807, 2.05) is 0 Å². The second-order valence-electron chi connectivity index (χ2n) is 18.9. The van der Waals surface area contributed by atoms with Gasteiger partial charge in [-0.3, -0.25) is 9.59 Å². The van der Waals surface area contributed by atoms with Gasteiger partial charge in [0.15, 0.2) is 0 Å². The second-order valence-corrected chi connectivity index (χ2v) is 18.9. The van der Waals surface area contributed by atoms with Crippen molar-refractivity contribution in [2.24, 2.45) is 0 Å². The normalized spacial score (nSPS) is 12.5. The molecule has 0 fully saturated rings. The Hall–Kier alpha value is -1.14. The van der Waals surface area contributed by atoms with Crippen LogP contribution in [0.1, 0.15) is 309 Å². The average molecular weight is 850 g/mol. The van der Waals surface area contributed by atoms with E-state index >= 15 is 0 Å². The van der Waals surface area contributed by atoms with Gasteiger partial charge in [-0.2, -0.15) is 0 Å². The van der Waals surface area contributed by atoms with Crippen molar-refractivity contribution < 1.29 is 24.5 Å². The van der Waals surface area contributed by atoms with Gasteiger partial charge in [0.05, 0.1) is 25.4 Å². The predicted octanol–water partition coefficient (Wildman–Crippen LogP) is 16.4. The maximum absolute atomic E-state index is 12.4. The van der Waals surface area contributed by atoms with Crippen molar-refractivity contribution in [3.8, 4) is 0 Å². The molecule has 1 amide bonds. The number of hydrogen-bond acceptors (Lipinski definition) is 5. The van der Waals surface area contributed by atoms with Gasteiger partial charge in [0.2, 0.25) is 5.91 Å². The fraction of sp³-hybridized carbons (Fsp3) is 0.963. The standard InChI is InChI=1S/C54H107NO5/c1-3-5-7-9-11-13-14-15-16-17-18-19-22-25-28-32-36-40-44-48-54(59)60-49-45-41-37-33-29-26-23-20-21-24-27-31-35-39-43-47-53(58)55-51(50-56)52(57)46-42-38-34-30-12-10-8-6-4-2/h51-52,56-57H,3-50H2,1-2H3,(H,55,58). The lowest BCUT2D eigenvalue weighted by Crippen LogP contribution is -2.45. The van der Waals surface area contributed by atoms with Gasteiger partial charge in [0.1, 0.15) is 0 Å². The molecule has 0 aromatic heterocycles. The van der Waals surface area contributed by atoms with Crippen molar-refractivity contribution in [2.75, 3.05) is 13.2 Å². The van der Waals surface area contributed by atoms with Crippen LogP contribution in [0.5, 0.6) is 0 Å². The largest absolute Gasteiger partial charge is 0.466 e. The number of nitrogens with one attached hydrogen (secondary N) is 1. The van der Waals surface area contributed by atoms with Crippen LogP contribution < -0.4 is 5.32 Å². The van der Waals surface area contributed by atoms with E-state index < -0.39 is 12.1 Å². The zero-order chi connectivity index (χ0) is 43.7. The smallest absolute Gasteiger partial charge is 0.305 e. The quantitative estimate of drug-likeness (QED) is 0.0418. The zero-order valence-corrected chi connectivity index (χ0v) is 40.7. The van der Waals surface area contributed by atoms with Crippen LogP contribution in [0.4, 0.5) is 0 Å². The number of hydrogen-bond donors (Lipinski definition) is 3. The zero-order valence-electron chi connectivity index (χ0n) is 40.7. The van der Waals surface area contributed by atoms with Crippen LogP contribution in [0.25, 0.3) is 0 Å². The van der Waals surface area contributed by atoms with Crippen LogP contribution >= 0.6 is 0 Å². The van der Waals surface area contributed by atoms with Gasteiger partial charge in [-0.05, 0) is 25.7 Å². The number of carbonyl (C=O) groups excluding carboxylic acids is 2. The minimum Gasteiger partial charge on any atom is -0.466 e. The van der Waals surface area contributed by atoms with Gasteiger partial charge in [0.25, 0.3) is 0 Å². The Kier molecular flexibility index (Phi) is 49.5. The highest BCUT2D eigenvalue weighted by atomic mass is 16.5. The lowest BCUT2D eigenvalue weighted by Gasteiger charge is -2.22. The number of rotatable bonds is 51. The molecule has 6 heteroatoms. The van der Waals surface area contributed by atoms with Crippen LogP contribution in [0.2, 0.25) is 0 Å². The molecule has 0 radical (unpaired) electrons. The summed E-state index contributed by atoms with van der Waals surface area (Å²) in [5.74, 6) is -0.0386. The van der Waals surface area contributed by atoms with Gasteiger partial charge in [-0.1, -0.05) is 271 Å². The minimum atomic E-state index is -0.666. The molecule has 0 rings (SSSR count). The first-order valence-corrected chi connectivity index (χ1v) is 27.3. The number of unbranched alkanes of at least 4 members (excludes halogenated alkanes) is 40. The summed E-state index contributed by atoms with van der Waals surface area (Å²) in [6, 6.07) is -0.544. The molecule has 0 heterocycles. The SMILES string of the molecule is CCCCCCCCCCCCCCCCCCCCCC(=O)OCCCCCCCCCCCCCCCCCC(=O)NC(CO)C(O)CCCCCCCCCCC. The van der Waals surface area contributed by atoms with E-state index in [0.29, 0.717) is 25.9 Å². The maximum atomic E-state index is 12.4. The number of esters is 1. The first kappa shape index (κ1) is 58.9. The molecule has 0 aromatic rings. The molecular weight excluding hydrogens is 743 g/mol. The highest BCUT2D eigenvalue weighted by Crippen LogP contribution is 2.17. The Morgan fingerprint density at radius 2 is 0.683 bits per heavy atom. The first-order chi connectivity index (χ1) is 29.5. The molecule has 2 atom stereocenters. The molecule has 0 saturated carbocycles. The summed E-state index contributed by atoms with van der Waals surface area (Å²) < 4.78 is 5.49. The van der Waals surface area contributed by atoms with Gasteiger partial charge in [-0.15, -0.1) is 0 Å². The summed E-state index contributed by atoms with van der Waals surface area (Å²) in [6.07, 6.45) is 56.6. The summed E-state index contributed by atoms with van der Waals surface area (Å²) in [5.41, 5.74) is 0. The van der Waals surface area contributed by atoms with E-state index in [2.05, 4.69) is 19.2 Å². The summed E-state index contributed by atoms with van der Waals surface area (Å²) in [4.78, 5) is 24.5. The van der Waals surface area contributed by atoms with Crippen LogP contribution in [0.3, 0.4) is 0 Å². The van der Waals surface area contributed by atoms with Crippen molar-refractivity contribution in [1.82, 2.24) is 5.32 Å². The summed E-state index contributed by atoms with van der Waals surface area (Å²) in [6.45, 7) is 4.93. The highest BCUT2D eigenvalue weighted by Gasteiger charge is 2.20. The summed E-state index contributed by atoms with van der Waals surface area (Å²) >= 11 is 0. The van der Waals surface area contributed by atoms with Crippen LogP contribution in [0, 0.1) is 0 Å². The van der Waals surface area contributed by atoms with Gasteiger partial charge >= 0.3 is 5.97 Å². The number of ether oxygens (including phenoxy) is 1. The first-order valence-electron chi connectivity index (χ1n) is 27.3. The van der Waals surface area contributed by atoms with Gasteiger partial charge < -0.3 is 20.3 Å². The molecule has 0 aliphatic heterocycles. The Morgan fingerprint density at radius 3 is 1.02 bits per heavy atom. The van der Waals surface area contributed by atoms with E-state index in [-0.39, 0.29) is 18.5 Å². The molecule has 0 aliphatic carbocycles. The van der Waals surface area contributed by atoms with E-state index in [0.717, 1.165) is 44.9 Å². The number of amides is 1.